The highest BCUT2D eigenvalue weighted by molar-refractivity contribution is 4.95. The highest BCUT2D eigenvalue weighted by atomic mass is 16.6. The summed E-state index contributed by atoms with van der Waals surface area (Å²) in [6.45, 7) is 3.37. The van der Waals surface area contributed by atoms with Crippen LogP contribution in [0, 0.1) is 0 Å². The molecule has 0 aromatic carbocycles. The standard InChI is InChI=1S/C14H21N3O6/c1-21-12-11(19)9(8-16-4-6-22-7-5-16)23-13(12)17-3-2-10(18)15-14(17)20/h2-3,9,11-13,19H,4-8H2,1H3,(H,15,18,20)/t9-,11?,12+,13-/m1/s1. The van der Waals surface area contributed by atoms with Gasteiger partial charge in [0.25, 0.3) is 5.56 Å². The predicted octanol–water partition coefficient (Wildman–Crippen LogP) is -1.86. The SMILES string of the molecule is CO[C@H]1C(O)[C@@H](CN2CCOCC2)O[C@H]1n1ccc(=O)[nH]c1=O. The number of aromatic amines is 1. The Labute approximate surface area is 132 Å². The molecule has 4 atom stereocenters. The van der Waals surface area contributed by atoms with E-state index < -0.39 is 35.8 Å². The van der Waals surface area contributed by atoms with Crippen LogP contribution < -0.4 is 11.2 Å². The van der Waals surface area contributed by atoms with Gasteiger partial charge in [-0.25, -0.2) is 4.79 Å². The van der Waals surface area contributed by atoms with Crippen molar-refractivity contribution in [2.45, 2.75) is 24.5 Å². The van der Waals surface area contributed by atoms with E-state index in [2.05, 4.69) is 9.88 Å². The number of aliphatic hydroxyl groups excluding tert-OH is 1. The Morgan fingerprint density at radius 2 is 2.13 bits per heavy atom. The molecule has 1 aromatic heterocycles. The molecule has 0 radical (unpaired) electrons. The Bertz CT molecular complexity index is 638. The van der Waals surface area contributed by atoms with Crippen molar-refractivity contribution in [3.8, 4) is 0 Å². The Morgan fingerprint density at radius 1 is 1.39 bits per heavy atom. The van der Waals surface area contributed by atoms with Gasteiger partial charge in [0, 0.05) is 39.0 Å². The molecule has 9 heteroatoms. The van der Waals surface area contributed by atoms with E-state index in [1.165, 1.54) is 23.9 Å². The van der Waals surface area contributed by atoms with Gasteiger partial charge in [-0.15, -0.1) is 0 Å². The molecule has 23 heavy (non-hydrogen) atoms. The molecule has 128 valence electrons. The van der Waals surface area contributed by atoms with Crippen molar-refractivity contribution in [1.29, 1.82) is 0 Å². The maximum atomic E-state index is 12.0. The molecule has 1 aromatic rings. The fourth-order valence-corrected chi connectivity index (χ4v) is 3.01. The molecule has 2 aliphatic heterocycles. The number of ether oxygens (including phenoxy) is 3. The van der Waals surface area contributed by atoms with E-state index in [0.29, 0.717) is 19.8 Å². The second-order valence-corrected chi connectivity index (χ2v) is 5.69. The number of morpholine rings is 1. The van der Waals surface area contributed by atoms with E-state index in [0.717, 1.165) is 13.1 Å². The zero-order valence-electron chi connectivity index (χ0n) is 12.9. The number of methoxy groups -OCH3 is 1. The van der Waals surface area contributed by atoms with E-state index >= 15 is 0 Å². The zero-order chi connectivity index (χ0) is 16.4. The molecule has 1 unspecified atom stereocenters. The molecular formula is C14H21N3O6. The van der Waals surface area contributed by atoms with Gasteiger partial charge in [-0.1, -0.05) is 0 Å². The summed E-state index contributed by atoms with van der Waals surface area (Å²) in [5.74, 6) is 0. The van der Waals surface area contributed by atoms with Crippen LogP contribution in [-0.2, 0) is 14.2 Å². The minimum atomic E-state index is -0.869. The van der Waals surface area contributed by atoms with E-state index in [4.69, 9.17) is 14.2 Å². The molecule has 0 saturated carbocycles. The number of aliphatic hydroxyl groups is 1. The molecule has 0 aliphatic carbocycles. The Hall–Kier alpha value is -1.52. The van der Waals surface area contributed by atoms with Crippen molar-refractivity contribution in [1.82, 2.24) is 14.5 Å². The summed E-state index contributed by atoms with van der Waals surface area (Å²) in [5.41, 5.74) is -1.08. The number of hydrogen-bond acceptors (Lipinski definition) is 7. The summed E-state index contributed by atoms with van der Waals surface area (Å²) in [6.07, 6.45) is -1.48. The fourth-order valence-electron chi connectivity index (χ4n) is 3.01. The van der Waals surface area contributed by atoms with Crippen LogP contribution in [0.4, 0.5) is 0 Å². The van der Waals surface area contributed by atoms with Crippen molar-refractivity contribution >= 4 is 0 Å². The molecule has 3 rings (SSSR count). The molecule has 9 nitrogen and oxygen atoms in total. The van der Waals surface area contributed by atoms with Crippen molar-refractivity contribution in [3.05, 3.63) is 33.1 Å². The second kappa shape index (κ2) is 6.93. The van der Waals surface area contributed by atoms with Crippen LogP contribution in [0.15, 0.2) is 21.9 Å². The van der Waals surface area contributed by atoms with E-state index in [9.17, 15) is 14.7 Å². The third kappa shape index (κ3) is 3.38. The number of nitrogens with zero attached hydrogens (tertiary/aromatic N) is 2. The summed E-state index contributed by atoms with van der Waals surface area (Å²) in [7, 11) is 1.46. The summed E-state index contributed by atoms with van der Waals surface area (Å²) in [4.78, 5) is 27.5. The highest BCUT2D eigenvalue weighted by Gasteiger charge is 2.45. The third-order valence-electron chi connectivity index (χ3n) is 4.25. The van der Waals surface area contributed by atoms with Crippen LogP contribution >= 0.6 is 0 Å². The van der Waals surface area contributed by atoms with Crippen LogP contribution in [0.5, 0.6) is 0 Å². The molecule has 0 bridgehead atoms. The van der Waals surface area contributed by atoms with Gasteiger partial charge in [-0.2, -0.15) is 0 Å². The Kier molecular flexibility index (Phi) is 4.93. The van der Waals surface area contributed by atoms with Crippen LogP contribution in [0.3, 0.4) is 0 Å². The first-order valence-electron chi connectivity index (χ1n) is 7.58. The lowest BCUT2D eigenvalue weighted by molar-refractivity contribution is -0.0641. The number of rotatable bonds is 4. The summed E-state index contributed by atoms with van der Waals surface area (Å²) in [5, 5.41) is 10.5. The summed E-state index contributed by atoms with van der Waals surface area (Å²) in [6, 6.07) is 1.24. The highest BCUT2D eigenvalue weighted by Crippen LogP contribution is 2.30. The van der Waals surface area contributed by atoms with Crippen LogP contribution in [0.2, 0.25) is 0 Å². The minimum absolute atomic E-state index is 0.483. The number of aromatic nitrogens is 2. The largest absolute Gasteiger partial charge is 0.387 e. The molecule has 2 fully saturated rings. The van der Waals surface area contributed by atoms with Crippen LogP contribution in [-0.4, -0.2) is 77.8 Å². The first kappa shape index (κ1) is 16.3. The average Bonchev–Trinajstić information content (AvgIpc) is 2.84. The monoisotopic (exact) mass is 327 g/mol. The molecule has 0 spiro atoms. The van der Waals surface area contributed by atoms with Gasteiger partial charge in [0.1, 0.15) is 18.3 Å². The zero-order valence-corrected chi connectivity index (χ0v) is 12.9. The van der Waals surface area contributed by atoms with Crippen LogP contribution in [0.1, 0.15) is 6.23 Å². The van der Waals surface area contributed by atoms with Gasteiger partial charge in [0.05, 0.1) is 13.2 Å². The minimum Gasteiger partial charge on any atom is -0.387 e. The molecular weight excluding hydrogens is 306 g/mol. The smallest absolute Gasteiger partial charge is 0.330 e. The number of nitrogens with one attached hydrogen (secondary N) is 1. The topological polar surface area (TPSA) is 106 Å². The fraction of sp³-hybridized carbons (Fsp3) is 0.714. The van der Waals surface area contributed by atoms with Gasteiger partial charge in [-0.3, -0.25) is 19.2 Å². The van der Waals surface area contributed by atoms with Gasteiger partial charge in [0.15, 0.2) is 6.23 Å². The van der Waals surface area contributed by atoms with Crippen molar-refractivity contribution in [2.24, 2.45) is 0 Å². The Balaban J connectivity index is 1.78. The third-order valence-corrected chi connectivity index (χ3v) is 4.25. The summed E-state index contributed by atoms with van der Waals surface area (Å²) < 4.78 is 17.7. The van der Waals surface area contributed by atoms with Gasteiger partial charge < -0.3 is 19.3 Å². The number of H-pyrrole nitrogens is 1. The van der Waals surface area contributed by atoms with Gasteiger partial charge >= 0.3 is 5.69 Å². The predicted molar refractivity (Wildman–Crippen MR) is 79.3 cm³/mol. The van der Waals surface area contributed by atoms with E-state index in [1.807, 2.05) is 0 Å². The lowest BCUT2D eigenvalue weighted by Gasteiger charge is -2.29. The quantitative estimate of drug-likeness (QED) is 0.668. The Morgan fingerprint density at radius 3 is 2.78 bits per heavy atom. The normalized spacial score (nSPS) is 32.3. The second-order valence-electron chi connectivity index (χ2n) is 5.69. The average molecular weight is 327 g/mol. The first-order valence-corrected chi connectivity index (χ1v) is 7.58. The lowest BCUT2D eigenvalue weighted by Crippen LogP contribution is -2.45. The van der Waals surface area contributed by atoms with Crippen LogP contribution in [0.25, 0.3) is 0 Å². The molecule has 2 N–H and O–H groups in total. The summed E-state index contributed by atoms with van der Waals surface area (Å²) >= 11 is 0. The molecule has 2 aliphatic rings. The molecule has 2 saturated heterocycles. The maximum Gasteiger partial charge on any atom is 0.330 e. The van der Waals surface area contributed by atoms with Gasteiger partial charge in [0.2, 0.25) is 0 Å². The van der Waals surface area contributed by atoms with E-state index in [-0.39, 0.29) is 0 Å². The maximum absolute atomic E-state index is 12.0. The van der Waals surface area contributed by atoms with Crippen molar-refractivity contribution in [2.75, 3.05) is 40.0 Å². The van der Waals surface area contributed by atoms with Crippen molar-refractivity contribution in [3.63, 3.8) is 0 Å². The first-order chi connectivity index (χ1) is 11.1. The van der Waals surface area contributed by atoms with E-state index in [1.54, 1.807) is 0 Å². The number of hydrogen-bond donors (Lipinski definition) is 2. The molecule has 3 heterocycles. The van der Waals surface area contributed by atoms with Gasteiger partial charge in [-0.05, 0) is 0 Å². The lowest BCUT2D eigenvalue weighted by atomic mass is 10.1. The van der Waals surface area contributed by atoms with Crippen molar-refractivity contribution < 1.29 is 19.3 Å². The molecule has 0 amide bonds.